The third-order valence-electron chi connectivity index (χ3n) is 2.80. The number of nitrogen functional groups attached to an aromatic ring is 2. The Balaban J connectivity index is 2.36. The highest BCUT2D eigenvalue weighted by molar-refractivity contribution is 5.65. The Labute approximate surface area is 109 Å². The van der Waals surface area contributed by atoms with Crippen LogP contribution in [0.4, 0.5) is 11.4 Å². The first-order valence-corrected chi connectivity index (χ1v) is 5.49. The molecule has 0 aliphatic rings. The summed E-state index contributed by atoms with van der Waals surface area (Å²) in [6.07, 6.45) is 0.281. The number of nitrogens with two attached hydrogens (primary N) is 2. The fourth-order valence-electron chi connectivity index (χ4n) is 1.80. The van der Waals surface area contributed by atoms with Crippen molar-refractivity contribution < 1.29 is 20.4 Å². The average molecular weight is 262 g/mol. The van der Waals surface area contributed by atoms with Crippen molar-refractivity contribution in [1.82, 2.24) is 0 Å². The van der Waals surface area contributed by atoms with Crippen molar-refractivity contribution in [2.45, 2.75) is 6.42 Å². The van der Waals surface area contributed by atoms with Gasteiger partial charge in [-0.15, -0.1) is 0 Å². The summed E-state index contributed by atoms with van der Waals surface area (Å²) in [5, 5.41) is 38.0. The minimum Gasteiger partial charge on any atom is -0.506 e. The Kier molecular flexibility index (Phi) is 3.00. The predicted octanol–water partition coefficient (Wildman–Crippen LogP) is 1.26. The van der Waals surface area contributed by atoms with Gasteiger partial charge in [-0.3, -0.25) is 0 Å². The van der Waals surface area contributed by atoms with Crippen LogP contribution in [0, 0.1) is 0 Å². The first kappa shape index (κ1) is 12.7. The van der Waals surface area contributed by atoms with E-state index < -0.39 is 0 Å². The van der Waals surface area contributed by atoms with Crippen molar-refractivity contribution in [3.05, 3.63) is 35.4 Å². The second kappa shape index (κ2) is 4.49. The van der Waals surface area contributed by atoms with Crippen LogP contribution in [0.3, 0.4) is 0 Å². The lowest BCUT2D eigenvalue weighted by Gasteiger charge is -2.09. The zero-order chi connectivity index (χ0) is 14.2. The summed E-state index contributed by atoms with van der Waals surface area (Å²) in [5.41, 5.74) is 11.8. The van der Waals surface area contributed by atoms with Crippen LogP contribution < -0.4 is 11.5 Å². The van der Waals surface area contributed by atoms with Crippen molar-refractivity contribution in [2.24, 2.45) is 0 Å². The third kappa shape index (κ3) is 2.42. The molecule has 2 aromatic carbocycles. The molecule has 0 saturated heterocycles. The standard InChI is InChI=1S/C13H14N2O4/c14-12-8(16)2-6(3-9(12)17)1-7-4-10(18)13(15)11(19)5-7/h2-5,16-19H,1,14-15H2. The van der Waals surface area contributed by atoms with Crippen molar-refractivity contribution in [1.29, 1.82) is 0 Å². The molecule has 2 rings (SSSR count). The predicted molar refractivity (Wildman–Crippen MR) is 71.2 cm³/mol. The van der Waals surface area contributed by atoms with Gasteiger partial charge < -0.3 is 31.9 Å². The van der Waals surface area contributed by atoms with Crippen molar-refractivity contribution in [2.75, 3.05) is 11.5 Å². The van der Waals surface area contributed by atoms with Gasteiger partial charge in [-0.1, -0.05) is 0 Å². The number of hydrogen-bond donors (Lipinski definition) is 6. The highest BCUT2D eigenvalue weighted by atomic mass is 16.3. The Morgan fingerprint density at radius 1 is 0.632 bits per heavy atom. The summed E-state index contributed by atoms with van der Waals surface area (Å²) < 4.78 is 0. The molecule has 0 heterocycles. The first-order chi connectivity index (χ1) is 8.88. The van der Waals surface area contributed by atoms with Crippen LogP contribution in [0.1, 0.15) is 11.1 Å². The molecular formula is C13H14N2O4. The van der Waals surface area contributed by atoms with Gasteiger partial charge in [0.2, 0.25) is 0 Å². The van der Waals surface area contributed by atoms with E-state index in [2.05, 4.69) is 0 Å². The number of phenolic OH excluding ortho intramolecular Hbond substituents is 4. The molecule has 6 heteroatoms. The molecule has 0 saturated carbocycles. The van der Waals surface area contributed by atoms with Crippen molar-refractivity contribution in [3.8, 4) is 23.0 Å². The summed E-state index contributed by atoms with van der Waals surface area (Å²) in [6.45, 7) is 0. The lowest BCUT2D eigenvalue weighted by Crippen LogP contribution is -1.94. The molecule has 6 nitrogen and oxygen atoms in total. The molecule has 0 unspecified atom stereocenters. The van der Waals surface area contributed by atoms with Crippen molar-refractivity contribution in [3.63, 3.8) is 0 Å². The van der Waals surface area contributed by atoms with E-state index in [0.717, 1.165) is 0 Å². The maximum Gasteiger partial charge on any atom is 0.142 e. The topological polar surface area (TPSA) is 133 Å². The summed E-state index contributed by atoms with van der Waals surface area (Å²) in [6, 6.07) is 5.61. The van der Waals surface area contributed by atoms with Crippen LogP contribution in [0.5, 0.6) is 23.0 Å². The minimum atomic E-state index is -0.223. The Morgan fingerprint density at radius 2 is 0.895 bits per heavy atom. The van der Waals surface area contributed by atoms with Gasteiger partial charge in [-0.05, 0) is 41.8 Å². The van der Waals surface area contributed by atoms with E-state index in [0.29, 0.717) is 11.1 Å². The third-order valence-corrected chi connectivity index (χ3v) is 2.80. The normalized spacial score (nSPS) is 10.5. The molecule has 19 heavy (non-hydrogen) atoms. The fourth-order valence-corrected chi connectivity index (χ4v) is 1.80. The molecule has 0 aromatic heterocycles. The number of phenols is 4. The van der Waals surface area contributed by atoms with Crippen LogP contribution in [0.25, 0.3) is 0 Å². The molecule has 0 aliphatic heterocycles. The van der Waals surface area contributed by atoms with Crippen LogP contribution in [-0.2, 0) is 6.42 Å². The maximum absolute atomic E-state index is 9.51. The van der Waals surface area contributed by atoms with E-state index in [1.807, 2.05) is 0 Å². The van der Waals surface area contributed by atoms with Crippen LogP contribution in [0.15, 0.2) is 24.3 Å². The molecule has 0 amide bonds. The summed E-state index contributed by atoms with van der Waals surface area (Å²) in [4.78, 5) is 0. The van der Waals surface area contributed by atoms with E-state index in [1.54, 1.807) is 0 Å². The largest absolute Gasteiger partial charge is 0.506 e. The van der Waals surface area contributed by atoms with E-state index in [4.69, 9.17) is 11.5 Å². The van der Waals surface area contributed by atoms with E-state index >= 15 is 0 Å². The number of hydrogen-bond acceptors (Lipinski definition) is 6. The molecule has 0 atom stereocenters. The molecule has 0 fully saturated rings. The molecule has 0 radical (unpaired) electrons. The monoisotopic (exact) mass is 262 g/mol. The Hall–Kier alpha value is -2.76. The van der Waals surface area contributed by atoms with Gasteiger partial charge in [-0.25, -0.2) is 0 Å². The van der Waals surface area contributed by atoms with E-state index in [1.165, 1.54) is 24.3 Å². The number of anilines is 2. The zero-order valence-corrected chi connectivity index (χ0v) is 9.96. The van der Waals surface area contributed by atoms with E-state index in [9.17, 15) is 20.4 Å². The molecule has 100 valence electrons. The summed E-state index contributed by atoms with van der Waals surface area (Å²) in [7, 11) is 0. The van der Waals surface area contributed by atoms with Crippen molar-refractivity contribution >= 4 is 11.4 Å². The van der Waals surface area contributed by atoms with Crippen LogP contribution >= 0.6 is 0 Å². The quantitative estimate of drug-likeness (QED) is 0.356. The molecule has 2 aromatic rings. The molecule has 0 bridgehead atoms. The number of rotatable bonds is 2. The summed E-state index contributed by atoms with van der Waals surface area (Å²) >= 11 is 0. The minimum absolute atomic E-state index is 0.0910. The zero-order valence-electron chi connectivity index (χ0n) is 9.96. The lowest BCUT2D eigenvalue weighted by molar-refractivity contribution is 0.454. The average Bonchev–Trinajstić information content (AvgIpc) is 2.33. The highest BCUT2D eigenvalue weighted by Gasteiger charge is 2.10. The van der Waals surface area contributed by atoms with E-state index in [-0.39, 0.29) is 40.8 Å². The van der Waals surface area contributed by atoms with Gasteiger partial charge in [-0.2, -0.15) is 0 Å². The second-order valence-electron chi connectivity index (χ2n) is 4.27. The summed E-state index contributed by atoms with van der Waals surface area (Å²) in [5.74, 6) is -0.893. The highest BCUT2D eigenvalue weighted by Crippen LogP contribution is 2.35. The Morgan fingerprint density at radius 3 is 1.16 bits per heavy atom. The number of benzene rings is 2. The lowest BCUT2D eigenvalue weighted by atomic mass is 10.0. The van der Waals surface area contributed by atoms with Gasteiger partial charge in [0.05, 0.1) is 0 Å². The molecular weight excluding hydrogens is 248 g/mol. The molecule has 8 N–H and O–H groups in total. The first-order valence-electron chi connectivity index (χ1n) is 5.49. The molecule has 0 spiro atoms. The van der Waals surface area contributed by atoms with Gasteiger partial charge >= 0.3 is 0 Å². The van der Waals surface area contributed by atoms with Crippen LogP contribution in [-0.4, -0.2) is 20.4 Å². The van der Waals surface area contributed by atoms with Gasteiger partial charge in [0, 0.05) is 0 Å². The van der Waals surface area contributed by atoms with Gasteiger partial charge in [0.1, 0.15) is 34.4 Å². The van der Waals surface area contributed by atoms with Gasteiger partial charge in [0.25, 0.3) is 0 Å². The fraction of sp³-hybridized carbons (Fsp3) is 0.0769. The Bertz CT molecular complexity index is 539. The second-order valence-corrected chi connectivity index (χ2v) is 4.27. The molecule has 0 aliphatic carbocycles. The smallest absolute Gasteiger partial charge is 0.142 e. The van der Waals surface area contributed by atoms with Gasteiger partial charge in [0.15, 0.2) is 0 Å². The maximum atomic E-state index is 9.51. The van der Waals surface area contributed by atoms with Crippen LogP contribution in [0.2, 0.25) is 0 Å². The number of aromatic hydroxyl groups is 4. The SMILES string of the molecule is Nc1c(O)cc(Cc2cc(O)c(N)c(O)c2)cc1O.